The Morgan fingerprint density at radius 2 is 2.08 bits per heavy atom. The number of carbonyl (C=O) groups excluding carboxylic acids is 1. The maximum atomic E-state index is 13.9. The molecule has 1 fully saturated rings. The standard InChI is InChI=1S/C23H30N5O8P/c1-5-23(25)18(29)17(35-20(23)28-13-26-21(24)27-22(28)31)11-33-37(32,36-16-9-7-6-8-10-16)12-15(4)19(30)34-14(2)3/h1,6-10,13-15,17-18,20,29H,11-12,25H2,2-4H3,(H2,24,27,31)/t15-,17-,18+,20-,23?,37+/m1/s1/i11D2. The van der Waals surface area contributed by atoms with Crippen LogP contribution in [0.15, 0.2) is 41.5 Å². The largest absolute Gasteiger partial charge is 0.463 e. The molecule has 3 rings (SSSR count). The summed E-state index contributed by atoms with van der Waals surface area (Å²) in [6.45, 7) is 1.60. The summed E-state index contributed by atoms with van der Waals surface area (Å²) in [6.07, 6.45) is -0.210. The van der Waals surface area contributed by atoms with E-state index in [1.54, 1.807) is 32.0 Å². The van der Waals surface area contributed by atoms with Crippen molar-refractivity contribution in [3.8, 4) is 18.1 Å². The lowest BCUT2D eigenvalue weighted by molar-refractivity contribution is -0.151. The van der Waals surface area contributed by atoms with Crippen LogP contribution < -0.4 is 21.7 Å². The van der Waals surface area contributed by atoms with Crippen LogP contribution in [0.3, 0.4) is 0 Å². The summed E-state index contributed by atoms with van der Waals surface area (Å²) in [5.74, 6) is 0.0913. The minimum absolute atomic E-state index is 0.0641. The number of ether oxygens (including phenoxy) is 2. The van der Waals surface area contributed by atoms with Gasteiger partial charge in [-0.1, -0.05) is 31.0 Å². The summed E-state index contributed by atoms with van der Waals surface area (Å²) in [5, 5.41) is 11.0. The van der Waals surface area contributed by atoms with Crippen molar-refractivity contribution in [1.82, 2.24) is 14.5 Å². The van der Waals surface area contributed by atoms with Crippen LogP contribution in [0, 0.1) is 18.3 Å². The van der Waals surface area contributed by atoms with Crippen molar-refractivity contribution in [3.05, 3.63) is 47.1 Å². The number of rotatable bonds is 10. The third-order valence-electron chi connectivity index (χ3n) is 5.26. The summed E-state index contributed by atoms with van der Waals surface area (Å²) in [5.41, 5.74) is 8.44. The fraction of sp³-hybridized carbons (Fsp3) is 0.478. The van der Waals surface area contributed by atoms with Crippen molar-refractivity contribution in [2.45, 2.75) is 50.8 Å². The summed E-state index contributed by atoms with van der Waals surface area (Å²) in [7, 11) is -4.52. The van der Waals surface area contributed by atoms with Gasteiger partial charge in [0.1, 0.15) is 24.3 Å². The number of para-hydroxylation sites is 1. The summed E-state index contributed by atoms with van der Waals surface area (Å²) < 4.78 is 53.5. The van der Waals surface area contributed by atoms with Gasteiger partial charge in [-0.15, -0.1) is 6.42 Å². The number of hydrogen-bond acceptors (Lipinski definition) is 12. The maximum Gasteiger partial charge on any atom is 0.380 e. The molecule has 1 aromatic carbocycles. The van der Waals surface area contributed by atoms with E-state index in [1.807, 2.05) is 0 Å². The van der Waals surface area contributed by atoms with Gasteiger partial charge in [-0.3, -0.25) is 13.9 Å². The number of carbonyl (C=O) groups is 1. The molecule has 0 saturated carbocycles. The topological polar surface area (TPSA) is 191 Å². The fourth-order valence-corrected chi connectivity index (χ4v) is 5.12. The molecular weight excluding hydrogens is 505 g/mol. The van der Waals surface area contributed by atoms with E-state index in [0.29, 0.717) is 0 Å². The first-order valence-electron chi connectivity index (χ1n) is 12.2. The molecule has 13 nitrogen and oxygen atoms in total. The zero-order chi connectivity index (χ0) is 29.2. The highest BCUT2D eigenvalue weighted by Crippen LogP contribution is 2.51. The van der Waals surface area contributed by atoms with Gasteiger partial charge in [0.25, 0.3) is 0 Å². The molecule has 0 amide bonds. The Morgan fingerprint density at radius 3 is 2.68 bits per heavy atom. The molecule has 1 aromatic heterocycles. The van der Waals surface area contributed by atoms with Gasteiger partial charge >= 0.3 is 19.3 Å². The Morgan fingerprint density at radius 1 is 1.41 bits per heavy atom. The molecule has 37 heavy (non-hydrogen) atoms. The van der Waals surface area contributed by atoms with Gasteiger partial charge in [0.15, 0.2) is 11.8 Å². The second-order valence-electron chi connectivity index (χ2n) is 8.63. The average molecular weight is 538 g/mol. The smallest absolute Gasteiger partial charge is 0.380 e. The molecule has 0 aliphatic carbocycles. The molecule has 1 aliphatic heterocycles. The van der Waals surface area contributed by atoms with Crippen molar-refractivity contribution in [2.24, 2.45) is 11.7 Å². The SMILES string of the molecule is [2H]C([2H])(O[P@@](=O)(C[C@@H](C)C(=O)OC(C)C)Oc1ccccc1)[C@H]1O[C@@H](n2cnc(N)nc2=O)C(N)(C#C)[C@H]1O. The normalized spacial score (nSPS) is 26.9. The first kappa shape index (κ1) is 25.4. The minimum Gasteiger partial charge on any atom is -0.463 e. The summed E-state index contributed by atoms with van der Waals surface area (Å²) in [4.78, 5) is 32.0. The number of terminal acetylenes is 1. The average Bonchev–Trinajstić information content (AvgIpc) is 3.10. The van der Waals surface area contributed by atoms with E-state index in [1.165, 1.54) is 19.1 Å². The first-order chi connectivity index (χ1) is 18.1. The molecule has 0 radical (unpaired) electrons. The molecule has 0 bridgehead atoms. The van der Waals surface area contributed by atoms with E-state index in [4.69, 9.17) is 39.2 Å². The lowest BCUT2D eigenvalue weighted by Gasteiger charge is -2.27. The number of benzene rings is 1. The number of esters is 1. The highest BCUT2D eigenvalue weighted by atomic mass is 31.2. The van der Waals surface area contributed by atoms with Crippen molar-refractivity contribution in [1.29, 1.82) is 0 Å². The number of aromatic nitrogens is 3. The summed E-state index contributed by atoms with van der Waals surface area (Å²) in [6, 6.07) is 7.75. The van der Waals surface area contributed by atoms with Crippen molar-refractivity contribution < 1.29 is 35.7 Å². The molecule has 1 aliphatic rings. The van der Waals surface area contributed by atoms with Gasteiger partial charge in [0.2, 0.25) is 5.95 Å². The third kappa shape index (κ3) is 6.54. The predicted molar refractivity (Wildman–Crippen MR) is 132 cm³/mol. The Kier molecular flexibility index (Phi) is 7.83. The van der Waals surface area contributed by atoms with E-state index in [9.17, 15) is 19.3 Å². The molecule has 6 atom stereocenters. The van der Waals surface area contributed by atoms with Crippen LogP contribution in [-0.4, -0.2) is 62.2 Å². The van der Waals surface area contributed by atoms with Crippen molar-refractivity contribution in [3.63, 3.8) is 0 Å². The number of aliphatic hydroxyl groups excluding tert-OH is 1. The van der Waals surface area contributed by atoms with Gasteiger partial charge in [-0.05, 0) is 26.0 Å². The fourth-order valence-electron chi connectivity index (χ4n) is 3.41. The zero-order valence-electron chi connectivity index (χ0n) is 22.4. The minimum atomic E-state index is -4.52. The van der Waals surface area contributed by atoms with E-state index in [0.717, 1.165) is 10.9 Å². The lowest BCUT2D eigenvalue weighted by Crippen LogP contribution is -2.55. The van der Waals surface area contributed by atoms with Crippen LogP contribution >= 0.6 is 7.60 Å². The van der Waals surface area contributed by atoms with Gasteiger partial charge in [0.05, 0.1) is 27.5 Å². The first-order valence-corrected chi connectivity index (χ1v) is 12.9. The van der Waals surface area contributed by atoms with Crippen molar-refractivity contribution in [2.75, 3.05) is 18.5 Å². The van der Waals surface area contributed by atoms with Crippen LogP contribution in [-0.2, 0) is 23.4 Å². The molecule has 5 N–H and O–H groups in total. The third-order valence-corrected chi connectivity index (χ3v) is 7.12. The molecule has 1 unspecified atom stereocenters. The number of aliphatic hydroxyl groups is 1. The molecular formula is C23H30N5O8P. The van der Waals surface area contributed by atoms with Gasteiger partial charge < -0.3 is 30.6 Å². The quantitative estimate of drug-likeness (QED) is 0.219. The highest BCUT2D eigenvalue weighted by molar-refractivity contribution is 7.54. The number of nitrogens with zero attached hydrogens (tertiary/aromatic N) is 3. The van der Waals surface area contributed by atoms with Crippen molar-refractivity contribution >= 4 is 19.5 Å². The molecule has 1 saturated heterocycles. The Balaban J connectivity index is 1.96. The Hall–Kier alpha value is -3.27. The van der Waals surface area contributed by atoms with E-state index in [2.05, 4.69) is 15.9 Å². The molecule has 200 valence electrons. The number of hydrogen-bond donors (Lipinski definition) is 3. The van der Waals surface area contributed by atoms with E-state index < -0.39 is 68.0 Å². The van der Waals surface area contributed by atoms with E-state index >= 15 is 0 Å². The second kappa shape index (κ2) is 11.4. The highest BCUT2D eigenvalue weighted by Gasteiger charge is 2.55. The number of anilines is 1. The Labute approximate surface area is 216 Å². The van der Waals surface area contributed by atoms with Gasteiger partial charge in [0, 0.05) is 0 Å². The predicted octanol–water partition coefficient (Wildman–Crippen LogP) is 0.686. The number of nitrogen functional groups attached to an aromatic ring is 1. The molecule has 2 aromatic rings. The van der Waals surface area contributed by atoms with Crippen LogP contribution in [0.2, 0.25) is 0 Å². The second-order valence-corrected chi connectivity index (χ2v) is 10.6. The maximum absolute atomic E-state index is 13.9. The zero-order valence-corrected chi connectivity index (χ0v) is 21.3. The van der Waals surface area contributed by atoms with Crippen LogP contribution in [0.5, 0.6) is 5.75 Å². The van der Waals surface area contributed by atoms with Crippen LogP contribution in [0.25, 0.3) is 0 Å². The number of nitrogens with two attached hydrogens (primary N) is 2. The lowest BCUT2D eigenvalue weighted by atomic mass is 9.92. The molecule has 0 spiro atoms. The van der Waals surface area contributed by atoms with Gasteiger partial charge in [-0.2, -0.15) is 4.98 Å². The monoisotopic (exact) mass is 537 g/mol. The Bertz CT molecular complexity index is 1340. The van der Waals surface area contributed by atoms with Crippen LogP contribution in [0.4, 0.5) is 5.95 Å². The summed E-state index contributed by atoms with van der Waals surface area (Å²) >= 11 is 0. The van der Waals surface area contributed by atoms with Gasteiger partial charge in [-0.25, -0.2) is 14.3 Å². The van der Waals surface area contributed by atoms with E-state index in [-0.39, 0.29) is 11.7 Å². The van der Waals surface area contributed by atoms with Crippen LogP contribution in [0.1, 0.15) is 29.7 Å². The molecule has 14 heteroatoms. The molecule has 2 heterocycles.